The topological polar surface area (TPSA) is 56.1 Å². The van der Waals surface area contributed by atoms with Gasteiger partial charge in [-0.2, -0.15) is 5.26 Å². The third kappa shape index (κ3) is 1.45. The molecule has 4 heteroatoms. The van der Waals surface area contributed by atoms with Crippen LogP contribution < -0.4 is 5.32 Å². The number of carbonyl (C=O) groups excluding carboxylic acids is 1. The van der Waals surface area contributed by atoms with Crippen LogP contribution in [0.25, 0.3) is 0 Å². The molecular formula is C15H17N3O. The maximum Gasteiger partial charge on any atom is 0.242 e. The number of amides is 1. The molecule has 0 bridgehead atoms. The average molecular weight is 255 g/mol. The quantitative estimate of drug-likeness (QED) is 0.773. The van der Waals surface area contributed by atoms with Crippen LogP contribution in [0.4, 0.5) is 0 Å². The van der Waals surface area contributed by atoms with Gasteiger partial charge >= 0.3 is 0 Å². The van der Waals surface area contributed by atoms with Crippen molar-refractivity contribution in [1.29, 1.82) is 5.26 Å². The number of nitriles is 1. The first-order valence-corrected chi connectivity index (χ1v) is 6.51. The fourth-order valence-corrected chi connectivity index (χ4v) is 3.62. The van der Waals surface area contributed by atoms with Gasteiger partial charge in [0.15, 0.2) is 0 Å². The molecule has 0 radical (unpaired) electrons. The number of β-lactam (4-membered cyclic amide) rings is 1. The van der Waals surface area contributed by atoms with Gasteiger partial charge in [-0.05, 0) is 26.0 Å². The van der Waals surface area contributed by atoms with Crippen LogP contribution in [0, 0.1) is 16.7 Å². The second kappa shape index (κ2) is 3.82. The summed E-state index contributed by atoms with van der Waals surface area (Å²) in [6.45, 7) is 2.60. The van der Waals surface area contributed by atoms with Crippen LogP contribution in [-0.4, -0.2) is 29.9 Å². The minimum absolute atomic E-state index is 0.0373. The highest BCUT2D eigenvalue weighted by Gasteiger charge is 2.64. The smallest absolute Gasteiger partial charge is 0.242 e. The van der Waals surface area contributed by atoms with E-state index in [9.17, 15) is 10.1 Å². The Bertz CT molecular complexity index is 565. The van der Waals surface area contributed by atoms with E-state index in [0.717, 1.165) is 5.56 Å². The van der Waals surface area contributed by atoms with Gasteiger partial charge in [0.1, 0.15) is 5.54 Å². The Morgan fingerprint density at radius 3 is 2.58 bits per heavy atom. The second-order valence-corrected chi connectivity index (χ2v) is 5.84. The maximum atomic E-state index is 12.0. The van der Waals surface area contributed by atoms with Crippen LogP contribution in [0.15, 0.2) is 30.3 Å². The lowest BCUT2D eigenvalue weighted by atomic mass is 9.75. The fourth-order valence-electron chi connectivity index (χ4n) is 3.62. The molecule has 0 aliphatic carbocycles. The number of hydrogen-bond donors (Lipinski definition) is 1. The minimum Gasteiger partial charge on any atom is -0.352 e. The first-order valence-electron chi connectivity index (χ1n) is 6.51. The number of nitrogens with one attached hydrogen (secondary N) is 1. The van der Waals surface area contributed by atoms with Crippen molar-refractivity contribution >= 4 is 5.91 Å². The van der Waals surface area contributed by atoms with Crippen molar-refractivity contribution in [3.05, 3.63) is 35.9 Å². The molecule has 0 saturated carbocycles. The summed E-state index contributed by atoms with van der Waals surface area (Å²) in [4.78, 5) is 14.1. The summed E-state index contributed by atoms with van der Waals surface area (Å²) in [5.41, 5.74) is 0.0735. The molecule has 2 aliphatic rings. The molecule has 1 aromatic carbocycles. The number of hydrogen-bond acceptors (Lipinski definition) is 3. The highest BCUT2D eigenvalue weighted by molar-refractivity contribution is 5.93. The summed E-state index contributed by atoms with van der Waals surface area (Å²) < 4.78 is 0. The zero-order chi connectivity index (χ0) is 13.7. The first-order chi connectivity index (χ1) is 9.03. The summed E-state index contributed by atoms with van der Waals surface area (Å²) in [7, 11) is 1.96. The molecule has 2 heterocycles. The molecule has 3 rings (SSSR count). The van der Waals surface area contributed by atoms with Crippen LogP contribution in [0.2, 0.25) is 0 Å². The number of benzene rings is 1. The molecule has 2 fully saturated rings. The van der Waals surface area contributed by atoms with E-state index in [0.29, 0.717) is 13.0 Å². The molecule has 3 atom stereocenters. The molecule has 1 spiro atoms. The predicted octanol–water partition coefficient (Wildman–Crippen LogP) is 1.46. The Morgan fingerprint density at radius 2 is 2.11 bits per heavy atom. The van der Waals surface area contributed by atoms with Crippen LogP contribution in [0.1, 0.15) is 24.9 Å². The molecule has 1 aromatic rings. The van der Waals surface area contributed by atoms with E-state index in [4.69, 9.17) is 0 Å². The molecule has 19 heavy (non-hydrogen) atoms. The number of likely N-dealkylation sites (N-methyl/N-ethyl adjacent to an activating group) is 1. The van der Waals surface area contributed by atoms with Crippen molar-refractivity contribution < 1.29 is 4.79 Å². The SMILES string of the molecule is CN1C(c2ccccc2)C(C)(C#N)CC12CNC2=O. The molecular weight excluding hydrogens is 238 g/mol. The van der Waals surface area contributed by atoms with Crippen molar-refractivity contribution in [1.82, 2.24) is 10.2 Å². The van der Waals surface area contributed by atoms with E-state index >= 15 is 0 Å². The summed E-state index contributed by atoms with van der Waals surface area (Å²) in [5, 5.41) is 12.4. The lowest BCUT2D eigenvalue weighted by molar-refractivity contribution is -0.141. The monoisotopic (exact) mass is 255 g/mol. The van der Waals surface area contributed by atoms with Crippen molar-refractivity contribution in [3.8, 4) is 6.07 Å². The van der Waals surface area contributed by atoms with Gasteiger partial charge in [0, 0.05) is 6.54 Å². The molecule has 2 saturated heterocycles. The van der Waals surface area contributed by atoms with E-state index in [1.807, 2.05) is 44.3 Å². The second-order valence-electron chi connectivity index (χ2n) is 5.84. The minimum atomic E-state index is -0.534. The van der Waals surface area contributed by atoms with E-state index in [2.05, 4.69) is 16.3 Å². The van der Waals surface area contributed by atoms with Crippen molar-refractivity contribution in [2.45, 2.75) is 24.9 Å². The predicted molar refractivity (Wildman–Crippen MR) is 71.0 cm³/mol. The normalized spacial score (nSPS) is 37.7. The van der Waals surface area contributed by atoms with Gasteiger partial charge in [-0.25, -0.2) is 0 Å². The summed E-state index contributed by atoms with van der Waals surface area (Å²) in [6, 6.07) is 12.4. The van der Waals surface area contributed by atoms with Crippen LogP contribution in [0.5, 0.6) is 0 Å². The molecule has 1 amide bonds. The first kappa shape index (κ1) is 12.2. The molecule has 3 unspecified atom stereocenters. The van der Waals surface area contributed by atoms with Gasteiger partial charge in [-0.15, -0.1) is 0 Å². The molecule has 2 aliphatic heterocycles. The highest BCUT2D eigenvalue weighted by Crippen LogP contribution is 2.54. The van der Waals surface area contributed by atoms with Crippen molar-refractivity contribution in [2.75, 3.05) is 13.6 Å². The third-order valence-corrected chi connectivity index (χ3v) is 4.66. The number of rotatable bonds is 1. The van der Waals surface area contributed by atoms with E-state index in [-0.39, 0.29) is 11.9 Å². The Labute approximate surface area is 113 Å². The molecule has 1 N–H and O–H groups in total. The zero-order valence-corrected chi connectivity index (χ0v) is 11.2. The standard InChI is InChI=1S/C15H17N3O/c1-14(9-16)8-15(10-17-13(15)19)18(2)12(14)11-6-4-3-5-7-11/h3-7,12H,8,10H2,1-2H3,(H,17,19). The van der Waals surface area contributed by atoms with Crippen LogP contribution in [0.3, 0.4) is 0 Å². The Morgan fingerprint density at radius 1 is 1.42 bits per heavy atom. The fraction of sp³-hybridized carbons (Fsp3) is 0.467. The highest BCUT2D eigenvalue weighted by atomic mass is 16.2. The third-order valence-electron chi connectivity index (χ3n) is 4.66. The lowest BCUT2D eigenvalue weighted by Crippen LogP contribution is -2.69. The van der Waals surface area contributed by atoms with Gasteiger partial charge in [0.25, 0.3) is 0 Å². The summed E-state index contributed by atoms with van der Waals surface area (Å²) in [5.74, 6) is 0.0508. The van der Waals surface area contributed by atoms with E-state index in [1.54, 1.807) is 0 Å². The summed E-state index contributed by atoms with van der Waals surface area (Å²) >= 11 is 0. The molecule has 0 aromatic heterocycles. The van der Waals surface area contributed by atoms with E-state index < -0.39 is 11.0 Å². The number of carbonyl (C=O) groups is 1. The number of likely N-dealkylation sites (tertiary alicyclic amines) is 1. The zero-order valence-electron chi connectivity index (χ0n) is 11.2. The number of nitrogens with zero attached hydrogens (tertiary/aromatic N) is 2. The van der Waals surface area contributed by atoms with Gasteiger partial charge in [-0.3, -0.25) is 9.69 Å². The van der Waals surface area contributed by atoms with Crippen LogP contribution >= 0.6 is 0 Å². The lowest BCUT2D eigenvalue weighted by Gasteiger charge is -2.44. The van der Waals surface area contributed by atoms with Gasteiger partial charge in [0.05, 0.1) is 17.5 Å². The Balaban J connectivity index is 2.07. The molecule has 4 nitrogen and oxygen atoms in total. The average Bonchev–Trinajstić information content (AvgIpc) is 2.69. The summed E-state index contributed by atoms with van der Waals surface area (Å²) in [6.07, 6.45) is 0.596. The Hall–Kier alpha value is -1.86. The van der Waals surface area contributed by atoms with E-state index in [1.165, 1.54) is 0 Å². The molecule has 98 valence electrons. The van der Waals surface area contributed by atoms with Crippen molar-refractivity contribution in [3.63, 3.8) is 0 Å². The van der Waals surface area contributed by atoms with Crippen molar-refractivity contribution in [2.24, 2.45) is 5.41 Å². The maximum absolute atomic E-state index is 12.0. The Kier molecular flexibility index (Phi) is 2.45. The largest absolute Gasteiger partial charge is 0.352 e. The van der Waals surface area contributed by atoms with Gasteiger partial charge in [-0.1, -0.05) is 30.3 Å². The van der Waals surface area contributed by atoms with Crippen LogP contribution in [-0.2, 0) is 4.79 Å². The van der Waals surface area contributed by atoms with Gasteiger partial charge < -0.3 is 5.32 Å². The van der Waals surface area contributed by atoms with Gasteiger partial charge in [0.2, 0.25) is 5.91 Å².